The smallest absolute Gasteiger partial charge is 0.344 e. The molecule has 3 heteroatoms. The molecule has 0 spiro atoms. The summed E-state index contributed by atoms with van der Waals surface area (Å²) in [5.41, 5.74) is 1.02. The molecular weight excluding hydrogens is 252 g/mol. The fraction of sp³-hybridized carbons (Fsp3) is 0.471. The van der Waals surface area contributed by atoms with E-state index in [-0.39, 0.29) is 12.6 Å². The molecule has 0 amide bonds. The second kappa shape index (κ2) is 7.13. The van der Waals surface area contributed by atoms with Gasteiger partial charge in [0, 0.05) is 0 Å². The molecule has 20 heavy (non-hydrogen) atoms. The minimum Gasteiger partial charge on any atom is -0.482 e. The number of allylic oxidation sites excluding steroid dienone is 2. The van der Waals surface area contributed by atoms with Crippen LogP contribution < -0.4 is 4.74 Å². The van der Waals surface area contributed by atoms with E-state index in [2.05, 4.69) is 19.1 Å². The fourth-order valence-corrected chi connectivity index (χ4v) is 2.34. The molecule has 1 aromatic rings. The monoisotopic (exact) mass is 274 g/mol. The maximum absolute atomic E-state index is 11.7. The summed E-state index contributed by atoms with van der Waals surface area (Å²) in [5.74, 6) is 1.45. The molecule has 0 aromatic heterocycles. The summed E-state index contributed by atoms with van der Waals surface area (Å²) in [6.45, 7) is 4.62. The summed E-state index contributed by atoms with van der Waals surface area (Å²) < 4.78 is 10.8. The Morgan fingerprint density at radius 2 is 2.00 bits per heavy atom. The van der Waals surface area contributed by atoms with Crippen molar-refractivity contribution in [3.05, 3.63) is 42.0 Å². The molecule has 1 aliphatic carbocycles. The average molecular weight is 274 g/mol. The zero-order chi connectivity index (χ0) is 14.4. The van der Waals surface area contributed by atoms with Crippen molar-refractivity contribution in [2.75, 3.05) is 13.2 Å². The Kier molecular flexibility index (Phi) is 5.22. The minimum absolute atomic E-state index is 0.0260. The van der Waals surface area contributed by atoms with Gasteiger partial charge in [0.15, 0.2) is 6.61 Å². The maximum Gasteiger partial charge on any atom is 0.344 e. The fourth-order valence-electron chi connectivity index (χ4n) is 2.34. The van der Waals surface area contributed by atoms with Gasteiger partial charge in [-0.1, -0.05) is 37.3 Å². The van der Waals surface area contributed by atoms with Crippen LogP contribution in [0.3, 0.4) is 0 Å². The summed E-state index contributed by atoms with van der Waals surface area (Å²) >= 11 is 0. The van der Waals surface area contributed by atoms with E-state index in [0.717, 1.165) is 24.2 Å². The number of ether oxygens (including phenoxy) is 2. The number of hydrogen-bond acceptors (Lipinski definition) is 3. The van der Waals surface area contributed by atoms with Crippen LogP contribution >= 0.6 is 0 Å². The predicted octanol–water partition coefficient (Wildman–Crippen LogP) is 3.52. The van der Waals surface area contributed by atoms with Crippen molar-refractivity contribution in [1.29, 1.82) is 0 Å². The van der Waals surface area contributed by atoms with Crippen LogP contribution in [-0.4, -0.2) is 19.2 Å². The molecule has 0 N–H and O–H groups in total. The van der Waals surface area contributed by atoms with E-state index in [4.69, 9.17) is 9.47 Å². The van der Waals surface area contributed by atoms with E-state index in [1.54, 1.807) is 0 Å². The summed E-state index contributed by atoms with van der Waals surface area (Å²) in [6, 6.07) is 7.65. The Bertz CT molecular complexity index is 479. The molecule has 108 valence electrons. The van der Waals surface area contributed by atoms with Crippen molar-refractivity contribution in [2.24, 2.45) is 11.8 Å². The Labute approximate surface area is 120 Å². The highest BCUT2D eigenvalue weighted by Crippen LogP contribution is 2.25. The largest absolute Gasteiger partial charge is 0.482 e. The van der Waals surface area contributed by atoms with Crippen molar-refractivity contribution in [3.8, 4) is 5.75 Å². The lowest BCUT2D eigenvalue weighted by Gasteiger charge is -2.24. The zero-order valence-corrected chi connectivity index (χ0v) is 12.2. The van der Waals surface area contributed by atoms with E-state index in [0.29, 0.717) is 18.4 Å². The van der Waals surface area contributed by atoms with Gasteiger partial charge in [0.2, 0.25) is 0 Å². The van der Waals surface area contributed by atoms with Gasteiger partial charge in [-0.3, -0.25) is 0 Å². The highest BCUT2D eigenvalue weighted by atomic mass is 16.6. The second-order valence-corrected chi connectivity index (χ2v) is 5.42. The molecule has 0 saturated heterocycles. The molecule has 0 radical (unpaired) electrons. The second-order valence-electron chi connectivity index (χ2n) is 5.42. The third-order valence-corrected chi connectivity index (χ3v) is 3.82. The van der Waals surface area contributed by atoms with E-state index in [1.165, 1.54) is 0 Å². The Morgan fingerprint density at radius 1 is 1.25 bits per heavy atom. The number of hydrogen-bond donors (Lipinski definition) is 0. The lowest BCUT2D eigenvalue weighted by Crippen LogP contribution is -2.24. The van der Waals surface area contributed by atoms with Crippen LogP contribution in [0.5, 0.6) is 5.75 Å². The first-order valence-corrected chi connectivity index (χ1v) is 7.16. The Balaban J connectivity index is 1.73. The number of carbonyl (C=O) groups excluding carboxylic acids is 1. The van der Waals surface area contributed by atoms with Crippen LogP contribution in [0, 0.1) is 18.8 Å². The van der Waals surface area contributed by atoms with Crippen LogP contribution in [0.25, 0.3) is 0 Å². The SMILES string of the molecule is Cc1ccccc1OCC(=O)OCC1CC=CCC1C. The molecule has 0 fully saturated rings. The van der Waals surface area contributed by atoms with Crippen LogP contribution in [0.2, 0.25) is 0 Å². The topological polar surface area (TPSA) is 35.5 Å². The number of rotatable bonds is 5. The highest BCUT2D eigenvalue weighted by molar-refractivity contribution is 5.71. The van der Waals surface area contributed by atoms with Crippen LogP contribution in [0.1, 0.15) is 25.3 Å². The molecule has 1 aromatic carbocycles. The first-order valence-electron chi connectivity index (χ1n) is 7.16. The first kappa shape index (κ1) is 14.6. The molecule has 0 heterocycles. The average Bonchev–Trinajstić information content (AvgIpc) is 2.45. The van der Waals surface area contributed by atoms with Gasteiger partial charge in [-0.2, -0.15) is 0 Å². The summed E-state index contributed by atoms with van der Waals surface area (Å²) in [7, 11) is 0. The quantitative estimate of drug-likeness (QED) is 0.609. The number of benzene rings is 1. The molecule has 0 saturated carbocycles. The molecule has 1 aliphatic rings. The molecular formula is C17H22O3. The minimum atomic E-state index is -0.296. The summed E-state index contributed by atoms with van der Waals surface area (Å²) in [6.07, 6.45) is 6.43. The van der Waals surface area contributed by atoms with Crippen molar-refractivity contribution >= 4 is 5.97 Å². The van der Waals surface area contributed by atoms with E-state index < -0.39 is 0 Å². The van der Waals surface area contributed by atoms with Gasteiger partial charge in [0.25, 0.3) is 0 Å². The van der Waals surface area contributed by atoms with Crippen molar-refractivity contribution in [3.63, 3.8) is 0 Å². The number of aryl methyl sites for hydroxylation is 1. The third kappa shape index (κ3) is 4.12. The van der Waals surface area contributed by atoms with Crippen LogP contribution in [0.4, 0.5) is 0 Å². The lowest BCUT2D eigenvalue weighted by atomic mass is 9.85. The number of carbonyl (C=O) groups is 1. The normalized spacial score (nSPS) is 21.5. The summed E-state index contributed by atoms with van der Waals surface area (Å²) in [5, 5.41) is 0. The first-order chi connectivity index (χ1) is 9.66. The van der Waals surface area contributed by atoms with Gasteiger partial charge in [-0.25, -0.2) is 4.79 Å². The highest BCUT2D eigenvalue weighted by Gasteiger charge is 2.20. The molecule has 2 rings (SSSR count). The van der Waals surface area contributed by atoms with Crippen LogP contribution in [-0.2, 0) is 9.53 Å². The Morgan fingerprint density at radius 3 is 2.75 bits per heavy atom. The molecule has 0 aliphatic heterocycles. The predicted molar refractivity (Wildman–Crippen MR) is 78.7 cm³/mol. The van der Waals surface area contributed by atoms with Crippen molar-refractivity contribution in [1.82, 2.24) is 0 Å². The number of para-hydroxylation sites is 1. The third-order valence-electron chi connectivity index (χ3n) is 3.82. The maximum atomic E-state index is 11.7. The van der Waals surface area contributed by atoms with E-state index in [1.807, 2.05) is 31.2 Å². The standard InChI is InChI=1S/C17H22O3/c1-13-7-3-5-9-15(13)11-20-17(18)12-19-16-10-6-4-8-14(16)2/h3-6,8,10,13,15H,7,9,11-12H2,1-2H3. The van der Waals surface area contributed by atoms with Crippen molar-refractivity contribution < 1.29 is 14.3 Å². The molecule has 2 unspecified atom stereocenters. The van der Waals surface area contributed by atoms with Gasteiger partial charge in [-0.15, -0.1) is 0 Å². The van der Waals surface area contributed by atoms with Gasteiger partial charge < -0.3 is 9.47 Å². The van der Waals surface area contributed by atoms with Gasteiger partial charge in [0.1, 0.15) is 5.75 Å². The number of esters is 1. The van der Waals surface area contributed by atoms with Gasteiger partial charge in [-0.05, 0) is 43.2 Å². The van der Waals surface area contributed by atoms with Gasteiger partial charge >= 0.3 is 5.97 Å². The van der Waals surface area contributed by atoms with E-state index >= 15 is 0 Å². The molecule has 0 bridgehead atoms. The van der Waals surface area contributed by atoms with Gasteiger partial charge in [0.05, 0.1) is 6.61 Å². The lowest BCUT2D eigenvalue weighted by molar-refractivity contribution is -0.147. The van der Waals surface area contributed by atoms with E-state index in [9.17, 15) is 4.79 Å². The summed E-state index contributed by atoms with van der Waals surface area (Å²) in [4.78, 5) is 11.7. The molecule has 2 atom stereocenters. The van der Waals surface area contributed by atoms with Crippen molar-refractivity contribution in [2.45, 2.75) is 26.7 Å². The zero-order valence-electron chi connectivity index (χ0n) is 12.2. The van der Waals surface area contributed by atoms with Crippen LogP contribution in [0.15, 0.2) is 36.4 Å². The molecule has 3 nitrogen and oxygen atoms in total. The Hall–Kier alpha value is -1.77.